The van der Waals surface area contributed by atoms with Crippen molar-refractivity contribution in [3.05, 3.63) is 77.4 Å². The highest BCUT2D eigenvalue weighted by atomic mass is 32.2. The van der Waals surface area contributed by atoms with Gasteiger partial charge in [0.15, 0.2) is 17.1 Å². The van der Waals surface area contributed by atoms with E-state index in [1.807, 2.05) is 0 Å². The minimum absolute atomic E-state index is 0.0365. The molecular weight excluding hydrogens is 656 g/mol. The number of amides is 1. The minimum atomic E-state index is -2.14. The topological polar surface area (TPSA) is 130 Å². The Morgan fingerprint density at radius 2 is 1.73 bits per heavy atom. The number of ketones is 1. The molecule has 6 rings (SSSR count). The van der Waals surface area contributed by atoms with Crippen LogP contribution in [0.5, 0.6) is 17.2 Å². The molecule has 4 aliphatic rings. The van der Waals surface area contributed by atoms with Gasteiger partial charge in [-0.25, -0.2) is 13.6 Å². The summed E-state index contributed by atoms with van der Waals surface area (Å²) in [5, 5.41) is 21.1. The third kappa shape index (κ3) is 5.29. The first kappa shape index (κ1) is 34.8. The molecule has 0 aromatic heterocycles. The summed E-state index contributed by atoms with van der Waals surface area (Å²) in [5.41, 5.74) is -5.65. The summed E-state index contributed by atoms with van der Waals surface area (Å²) in [6.07, 6.45) is 3.69. The highest BCUT2D eigenvalue weighted by molar-refractivity contribution is 8.13. The Hall–Kier alpha value is -4.03. The predicted molar refractivity (Wildman–Crippen MR) is 178 cm³/mol. The maximum atomic E-state index is 17.6. The van der Waals surface area contributed by atoms with Gasteiger partial charge in [-0.1, -0.05) is 18.6 Å². The minimum Gasteiger partial charge on any atom is -0.507 e. The Balaban J connectivity index is 1.27. The Bertz CT molecular complexity index is 1780. The summed E-state index contributed by atoms with van der Waals surface area (Å²) in [6.45, 7) is 3.43. The highest BCUT2D eigenvalue weighted by Gasteiger charge is 2.75. The monoisotopic (exact) mass is 695 g/mol. The third-order valence-corrected chi connectivity index (χ3v) is 12.2. The molecule has 0 aliphatic heterocycles. The van der Waals surface area contributed by atoms with E-state index in [2.05, 4.69) is 0 Å². The smallest absolute Gasteiger partial charge is 0.339 e. The number of esters is 1. The van der Waals surface area contributed by atoms with Crippen LogP contribution in [0.25, 0.3) is 0 Å². The Kier molecular flexibility index (Phi) is 8.80. The van der Waals surface area contributed by atoms with Crippen LogP contribution in [0.15, 0.2) is 66.3 Å². The van der Waals surface area contributed by atoms with Crippen LogP contribution in [0, 0.1) is 22.7 Å². The van der Waals surface area contributed by atoms with Crippen LogP contribution < -0.4 is 4.74 Å². The quantitative estimate of drug-likeness (QED) is 0.319. The average molecular weight is 696 g/mol. The van der Waals surface area contributed by atoms with Crippen molar-refractivity contribution in [2.24, 2.45) is 22.7 Å². The Morgan fingerprint density at radius 1 is 1.04 bits per heavy atom. The van der Waals surface area contributed by atoms with E-state index in [0.29, 0.717) is 42.3 Å². The number of halogens is 2. The molecule has 3 fully saturated rings. The Morgan fingerprint density at radius 3 is 2.41 bits per heavy atom. The summed E-state index contributed by atoms with van der Waals surface area (Å²) >= 11 is 0.395. The SMILES string of the molecule is CN(C)C(=O)c1cc(Oc2ccc(C(=O)O[C@]3(C(=O)SCF)CC[C@H]4[C@@H]5CCC6=CC(=O)C=C[C@]6(C)[C@@]5(F)[C@@H](O)C[C@@]43C)cc2)ccc1O. The number of alkyl halides is 2. The molecular formula is C37H39F2NO8S. The molecule has 0 heterocycles. The summed E-state index contributed by atoms with van der Waals surface area (Å²) in [6, 6.07) is 9.05. The maximum absolute atomic E-state index is 17.6. The van der Waals surface area contributed by atoms with E-state index >= 15 is 4.39 Å². The lowest BCUT2D eigenvalue weighted by Crippen LogP contribution is -2.69. The highest BCUT2D eigenvalue weighted by Crippen LogP contribution is 2.70. The maximum Gasteiger partial charge on any atom is 0.339 e. The van der Waals surface area contributed by atoms with Gasteiger partial charge in [-0.05, 0) is 111 Å². The number of fused-ring (bicyclic) bond motifs is 5. The van der Waals surface area contributed by atoms with Gasteiger partial charge in [-0.15, -0.1) is 0 Å². The number of carbonyl (C=O) groups excluding carboxylic acids is 4. The van der Waals surface area contributed by atoms with Gasteiger partial charge in [0.2, 0.25) is 5.12 Å². The van der Waals surface area contributed by atoms with Gasteiger partial charge in [-0.3, -0.25) is 14.4 Å². The number of hydrogen-bond acceptors (Lipinski definition) is 9. The van der Waals surface area contributed by atoms with Crippen molar-refractivity contribution < 1.29 is 47.6 Å². The normalized spacial score (nSPS) is 33.1. The second kappa shape index (κ2) is 12.4. The van der Waals surface area contributed by atoms with E-state index < -0.39 is 63.0 Å². The molecule has 4 aliphatic carbocycles. The molecule has 0 bridgehead atoms. The standard InChI is InChI=1S/C37H39F2NO8S/c1-34-15-13-23(41)17-22(34)7-11-28-27-14-16-36(33(46)49-20-38,35(27,2)19-30(43)37(28,34)39)48-32(45)21-5-8-24(9-6-21)47-25-10-12-29(42)26(18-25)31(44)40(3)4/h5-6,8-10,12-13,15,17-18,27-28,30,42-43H,7,11,14,16,19-20H2,1-4H3/t27-,28-,30-,34-,35-,36-,37-/m0/s1. The lowest BCUT2D eigenvalue weighted by atomic mass is 9.45. The van der Waals surface area contributed by atoms with Gasteiger partial charge in [0.1, 0.15) is 23.3 Å². The zero-order chi connectivity index (χ0) is 35.5. The molecule has 0 saturated heterocycles. The molecule has 12 heteroatoms. The van der Waals surface area contributed by atoms with Gasteiger partial charge >= 0.3 is 5.97 Å². The van der Waals surface area contributed by atoms with Crippen LogP contribution in [-0.4, -0.2) is 75.4 Å². The molecule has 0 spiro atoms. The third-order valence-electron chi connectivity index (χ3n) is 11.5. The Labute approximate surface area is 287 Å². The number of phenols is 1. The van der Waals surface area contributed by atoms with Crippen molar-refractivity contribution in [2.45, 2.75) is 63.3 Å². The van der Waals surface area contributed by atoms with Gasteiger partial charge in [0.25, 0.3) is 5.91 Å². The predicted octanol–water partition coefficient (Wildman–Crippen LogP) is 6.34. The fourth-order valence-electron chi connectivity index (χ4n) is 8.91. The molecule has 7 atom stereocenters. The van der Waals surface area contributed by atoms with Crippen molar-refractivity contribution in [1.29, 1.82) is 0 Å². The van der Waals surface area contributed by atoms with Crippen LogP contribution in [0.4, 0.5) is 8.78 Å². The number of ether oxygens (including phenoxy) is 2. The summed E-state index contributed by atoms with van der Waals surface area (Å²) in [5.74, 6) is -2.30. The second-order valence-corrected chi connectivity index (χ2v) is 14.9. The van der Waals surface area contributed by atoms with E-state index in [4.69, 9.17) is 9.47 Å². The molecule has 0 unspecified atom stereocenters. The van der Waals surface area contributed by atoms with Crippen LogP contribution in [-0.2, 0) is 14.3 Å². The second-order valence-electron chi connectivity index (χ2n) is 14.1. The van der Waals surface area contributed by atoms with Crippen molar-refractivity contribution >= 4 is 34.5 Å². The number of aliphatic hydroxyl groups excluding tert-OH is 1. The fourth-order valence-corrected chi connectivity index (χ4v) is 9.62. The van der Waals surface area contributed by atoms with E-state index in [1.165, 1.54) is 59.5 Å². The number of thioether (sulfide) groups is 1. The van der Waals surface area contributed by atoms with E-state index in [9.17, 15) is 33.8 Å². The lowest BCUT2D eigenvalue weighted by Gasteiger charge is -2.62. The average Bonchev–Trinajstić information content (AvgIpc) is 3.34. The number of rotatable bonds is 7. The van der Waals surface area contributed by atoms with Gasteiger partial charge in [0.05, 0.1) is 17.2 Å². The zero-order valence-electron chi connectivity index (χ0n) is 27.7. The molecule has 1 amide bonds. The molecule has 49 heavy (non-hydrogen) atoms. The van der Waals surface area contributed by atoms with Crippen molar-refractivity contribution in [2.75, 3.05) is 20.1 Å². The first-order chi connectivity index (χ1) is 23.1. The molecule has 0 radical (unpaired) electrons. The van der Waals surface area contributed by atoms with Crippen molar-refractivity contribution in [3.8, 4) is 17.2 Å². The number of benzene rings is 2. The number of hydrogen-bond donors (Lipinski definition) is 2. The number of nitrogens with zero attached hydrogens (tertiary/aromatic N) is 1. The van der Waals surface area contributed by atoms with Crippen molar-refractivity contribution in [3.63, 3.8) is 0 Å². The van der Waals surface area contributed by atoms with E-state index in [-0.39, 0.29) is 41.3 Å². The van der Waals surface area contributed by atoms with Gasteiger partial charge < -0.3 is 24.6 Å². The molecule has 2 aromatic rings. The summed E-state index contributed by atoms with van der Waals surface area (Å²) in [4.78, 5) is 53.4. The molecule has 2 N–H and O–H groups in total. The van der Waals surface area contributed by atoms with Crippen LogP contribution in [0.3, 0.4) is 0 Å². The number of carbonyl (C=O) groups is 4. The first-order valence-corrected chi connectivity index (χ1v) is 17.2. The molecule has 260 valence electrons. The number of aromatic hydroxyl groups is 1. The van der Waals surface area contributed by atoms with Crippen molar-refractivity contribution in [1.82, 2.24) is 4.90 Å². The molecule has 9 nitrogen and oxygen atoms in total. The van der Waals surface area contributed by atoms with Crippen LogP contribution >= 0.6 is 11.8 Å². The number of phenolic OH excluding ortho intramolecular Hbond substituents is 1. The largest absolute Gasteiger partial charge is 0.507 e. The summed E-state index contributed by atoms with van der Waals surface area (Å²) < 4.78 is 43.2. The molecule has 2 aromatic carbocycles. The number of aliphatic hydroxyl groups is 1. The van der Waals surface area contributed by atoms with Crippen LogP contribution in [0.2, 0.25) is 0 Å². The van der Waals surface area contributed by atoms with Gasteiger partial charge in [0, 0.05) is 30.8 Å². The first-order valence-electron chi connectivity index (χ1n) is 16.2. The fraction of sp³-hybridized carbons (Fsp3) is 0.459. The van der Waals surface area contributed by atoms with Crippen LogP contribution in [0.1, 0.15) is 66.7 Å². The van der Waals surface area contributed by atoms with Gasteiger partial charge in [-0.2, -0.15) is 0 Å². The summed E-state index contributed by atoms with van der Waals surface area (Å²) in [7, 11) is 3.11. The lowest BCUT2D eigenvalue weighted by molar-refractivity contribution is -0.214. The molecule has 3 saturated carbocycles. The zero-order valence-corrected chi connectivity index (χ0v) is 28.5. The van der Waals surface area contributed by atoms with E-state index in [0.717, 1.165) is 0 Å². The number of allylic oxidation sites excluding steroid dienone is 4. The van der Waals surface area contributed by atoms with E-state index in [1.54, 1.807) is 34.0 Å².